The standard InChI is InChI=1S/C27H32O5/c1-5-26(28)31-16-7-9-23-14-15-25(18-20(23)2)24-12-10-22(11-13-24)8-6-17-32-27(29)21(3)19-30-4/h5,10-15,18H,1,3,6-9,16-17,19H2,2,4H3. The summed E-state index contributed by atoms with van der Waals surface area (Å²) in [6.45, 7) is 10.1. The number of carbonyl (C=O) groups excluding carboxylic acids is 2. The molecule has 0 unspecified atom stereocenters. The molecule has 0 aliphatic rings. The highest BCUT2D eigenvalue weighted by molar-refractivity contribution is 5.87. The number of methoxy groups -OCH3 is 1. The molecule has 2 aromatic carbocycles. The Kier molecular flexibility index (Phi) is 10.4. The lowest BCUT2D eigenvalue weighted by Gasteiger charge is -2.10. The monoisotopic (exact) mass is 436 g/mol. The molecule has 0 amide bonds. The Hall–Kier alpha value is -3.18. The number of carbonyl (C=O) groups is 2. The van der Waals surface area contributed by atoms with E-state index in [2.05, 4.69) is 62.5 Å². The van der Waals surface area contributed by atoms with Crippen LogP contribution in [-0.4, -0.2) is 38.9 Å². The van der Waals surface area contributed by atoms with Gasteiger partial charge in [0.05, 0.1) is 25.4 Å². The minimum absolute atomic E-state index is 0.186. The zero-order chi connectivity index (χ0) is 23.3. The van der Waals surface area contributed by atoms with Gasteiger partial charge in [0.25, 0.3) is 0 Å². The van der Waals surface area contributed by atoms with Gasteiger partial charge < -0.3 is 14.2 Å². The number of ether oxygens (including phenoxy) is 3. The molecule has 0 atom stereocenters. The summed E-state index contributed by atoms with van der Waals surface area (Å²) in [6.07, 6.45) is 4.41. The van der Waals surface area contributed by atoms with Gasteiger partial charge in [-0.05, 0) is 60.4 Å². The average molecular weight is 437 g/mol. The predicted molar refractivity (Wildman–Crippen MR) is 126 cm³/mol. The highest BCUT2D eigenvalue weighted by atomic mass is 16.5. The maximum atomic E-state index is 11.7. The highest BCUT2D eigenvalue weighted by Gasteiger charge is 2.08. The second-order valence-corrected chi connectivity index (χ2v) is 7.59. The van der Waals surface area contributed by atoms with Crippen LogP contribution < -0.4 is 0 Å². The lowest BCUT2D eigenvalue weighted by atomic mass is 9.96. The topological polar surface area (TPSA) is 61.8 Å². The first-order valence-electron chi connectivity index (χ1n) is 10.8. The molecule has 32 heavy (non-hydrogen) atoms. The Balaban J connectivity index is 1.82. The lowest BCUT2D eigenvalue weighted by molar-refractivity contribution is -0.140. The molecule has 0 N–H and O–H groups in total. The van der Waals surface area contributed by atoms with Gasteiger partial charge >= 0.3 is 11.9 Å². The van der Waals surface area contributed by atoms with Crippen molar-refractivity contribution in [3.8, 4) is 11.1 Å². The zero-order valence-corrected chi connectivity index (χ0v) is 19.0. The van der Waals surface area contributed by atoms with Gasteiger partial charge in [-0.25, -0.2) is 9.59 Å². The van der Waals surface area contributed by atoms with E-state index in [0.29, 0.717) is 18.8 Å². The zero-order valence-electron chi connectivity index (χ0n) is 19.0. The van der Waals surface area contributed by atoms with Gasteiger partial charge in [0.15, 0.2) is 0 Å². The van der Waals surface area contributed by atoms with E-state index in [-0.39, 0.29) is 12.6 Å². The smallest absolute Gasteiger partial charge is 0.335 e. The fraction of sp³-hybridized carbons (Fsp3) is 0.333. The molecule has 0 saturated heterocycles. The Morgan fingerprint density at radius 1 is 0.938 bits per heavy atom. The van der Waals surface area contributed by atoms with Gasteiger partial charge in [0, 0.05) is 13.2 Å². The van der Waals surface area contributed by atoms with Crippen LogP contribution in [-0.2, 0) is 36.6 Å². The van der Waals surface area contributed by atoms with E-state index in [1.165, 1.54) is 35.4 Å². The third-order valence-electron chi connectivity index (χ3n) is 5.08. The van der Waals surface area contributed by atoms with Crippen molar-refractivity contribution in [1.82, 2.24) is 0 Å². The van der Waals surface area contributed by atoms with Crippen molar-refractivity contribution in [1.29, 1.82) is 0 Å². The predicted octanol–water partition coefficient (Wildman–Crippen LogP) is 5.00. The fourth-order valence-electron chi connectivity index (χ4n) is 3.29. The van der Waals surface area contributed by atoms with Gasteiger partial charge in [0.2, 0.25) is 0 Å². The molecule has 0 heterocycles. The quantitative estimate of drug-likeness (QED) is 0.251. The van der Waals surface area contributed by atoms with Crippen LogP contribution in [0.4, 0.5) is 0 Å². The van der Waals surface area contributed by atoms with Crippen molar-refractivity contribution in [2.45, 2.75) is 32.6 Å². The van der Waals surface area contributed by atoms with Crippen molar-refractivity contribution in [3.63, 3.8) is 0 Å². The Morgan fingerprint density at radius 2 is 1.59 bits per heavy atom. The summed E-state index contributed by atoms with van der Waals surface area (Å²) in [5.41, 5.74) is 6.32. The van der Waals surface area contributed by atoms with Crippen molar-refractivity contribution in [3.05, 3.63) is 84.0 Å². The summed E-state index contributed by atoms with van der Waals surface area (Å²) >= 11 is 0. The summed E-state index contributed by atoms with van der Waals surface area (Å²) in [5.74, 6) is -0.784. The van der Waals surface area contributed by atoms with Crippen molar-refractivity contribution in [2.75, 3.05) is 26.9 Å². The number of hydrogen-bond acceptors (Lipinski definition) is 5. The van der Waals surface area contributed by atoms with Gasteiger partial charge in [0.1, 0.15) is 0 Å². The van der Waals surface area contributed by atoms with Gasteiger partial charge in [-0.1, -0.05) is 55.6 Å². The van der Waals surface area contributed by atoms with Crippen molar-refractivity contribution < 1.29 is 23.8 Å². The van der Waals surface area contributed by atoms with Crippen LogP contribution >= 0.6 is 0 Å². The molecule has 5 heteroatoms. The third-order valence-corrected chi connectivity index (χ3v) is 5.08. The van der Waals surface area contributed by atoms with Gasteiger partial charge in [-0.2, -0.15) is 0 Å². The largest absolute Gasteiger partial charge is 0.463 e. The molecule has 2 aromatic rings. The Bertz CT molecular complexity index is 928. The molecule has 170 valence electrons. The SMILES string of the molecule is C=CC(=O)OCCCc1ccc(-c2ccc(CCCOC(=O)C(=C)COC)cc2)cc1C. The summed E-state index contributed by atoms with van der Waals surface area (Å²) < 4.78 is 15.1. The second kappa shape index (κ2) is 13.3. The summed E-state index contributed by atoms with van der Waals surface area (Å²) in [6, 6.07) is 14.9. The van der Waals surface area contributed by atoms with Crippen LogP contribution in [0.5, 0.6) is 0 Å². The maximum Gasteiger partial charge on any atom is 0.335 e. The Morgan fingerprint density at radius 3 is 2.25 bits per heavy atom. The van der Waals surface area contributed by atoms with Gasteiger partial charge in [-0.15, -0.1) is 0 Å². The van der Waals surface area contributed by atoms with Crippen molar-refractivity contribution >= 4 is 11.9 Å². The van der Waals surface area contributed by atoms with E-state index in [0.717, 1.165) is 31.2 Å². The van der Waals surface area contributed by atoms with E-state index >= 15 is 0 Å². The first kappa shape index (κ1) is 25.1. The molecule has 0 radical (unpaired) electrons. The molecule has 0 aliphatic carbocycles. The highest BCUT2D eigenvalue weighted by Crippen LogP contribution is 2.24. The van der Waals surface area contributed by atoms with Crippen LogP contribution in [0.15, 0.2) is 67.3 Å². The van der Waals surface area contributed by atoms with Crippen LogP contribution in [0.3, 0.4) is 0 Å². The van der Waals surface area contributed by atoms with E-state index in [4.69, 9.17) is 14.2 Å². The maximum absolute atomic E-state index is 11.7. The molecule has 0 spiro atoms. The third kappa shape index (κ3) is 8.16. The molecule has 5 nitrogen and oxygen atoms in total. The molecule has 0 aromatic heterocycles. The van der Waals surface area contributed by atoms with E-state index in [9.17, 15) is 9.59 Å². The molecule has 0 bridgehead atoms. The summed E-state index contributed by atoms with van der Waals surface area (Å²) in [7, 11) is 1.52. The number of aryl methyl sites for hydroxylation is 3. The number of hydrogen-bond donors (Lipinski definition) is 0. The first-order valence-corrected chi connectivity index (χ1v) is 10.8. The molecule has 0 aliphatic heterocycles. The molecule has 0 saturated carbocycles. The van der Waals surface area contributed by atoms with Crippen molar-refractivity contribution in [2.24, 2.45) is 0 Å². The van der Waals surface area contributed by atoms with Crippen LogP contribution in [0.25, 0.3) is 11.1 Å². The molecular formula is C27H32O5. The van der Waals surface area contributed by atoms with E-state index in [1.807, 2.05) is 0 Å². The fourth-order valence-corrected chi connectivity index (χ4v) is 3.29. The number of rotatable bonds is 13. The van der Waals surface area contributed by atoms with E-state index < -0.39 is 5.97 Å². The number of esters is 2. The molecule has 0 fully saturated rings. The summed E-state index contributed by atoms with van der Waals surface area (Å²) in [4.78, 5) is 22.8. The second-order valence-electron chi connectivity index (χ2n) is 7.59. The molecule has 2 rings (SSSR count). The Labute approximate surface area is 190 Å². The molecular weight excluding hydrogens is 404 g/mol. The van der Waals surface area contributed by atoms with Crippen LogP contribution in [0.2, 0.25) is 0 Å². The number of benzene rings is 2. The van der Waals surface area contributed by atoms with Crippen LogP contribution in [0.1, 0.15) is 29.5 Å². The first-order chi connectivity index (χ1) is 15.4. The minimum Gasteiger partial charge on any atom is -0.463 e. The summed E-state index contributed by atoms with van der Waals surface area (Å²) in [5, 5.41) is 0. The minimum atomic E-state index is -0.404. The average Bonchev–Trinajstić information content (AvgIpc) is 2.80. The van der Waals surface area contributed by atoms with E-state index in [1.54, 1.807) is 0 Å². The van der Waals surface area contributed by atoms with Gasteiger partial charge in [-0.3, -0.25) is 0 Å². The lowest BCUT2D eigenvalue weighted by Crippen LogP contribution is -2.12. The normalized spacial score (nSPS) is 10.4. The van der Waals surface area contributed by atoms with Crippen LogP contribution in [0, 0.1) is 6.92 Å².